The van der Waals surface area contributed by atoms with Crippen molar-refractivity contribution in [1.82, 2.24) is 29.8 Å². The van der Waals surface area contributed by atoms with Gasteiger partial charge in [0, 0.05) is 57.9 Å². The topological polar surface area (TPSA) is 141 Å². The van der Waals surface area contributed by atoms with Crippen LogP contribution in [0, 0.1) is 6.92 Å². The largest absolute Gasteiger partial charge is 0.485 e. The minimum absolute atomic E-state index is 0.0825. The summed E-state index contributed by atoms with van der Waals surface area (Å²) < 4.78 is 24.3. The van der Waals surface area contributed by atoms with Crippen LogP contribution in [0.25, 0.3) is 11.4 Å². The molecular formula is C31H41N7O6. The van der Waals surface area contributed by atoms with Gasteiger partial charge < -0.3 is 29.6 Å². The molecule has 0 saturated carbocycles. The van der Waals surface area contributed by atoms with Gasteiger partial charge in [-0.15, -0.1) is 10.2 Å². The molecule has 44 heavy (non-hydrogen) atoms. The van der Waals surface area contributed by atoms with Crippen LogP contribution in [0.4, 0.5) is 5.69 Å². The quantitative estimate of drug-likeness (QED) is 0.334. The fourth-order valence-corrected chi connectivity index (χ4v) is 5.82. The van der Waals surface area contributed by atoms with Crippen molar-refractivity contribution in [3.05, 3.63) is 59.3 Å². The first-order chi connectivity index (χ1) is 21.1. The van der Waals surface area contributed by atoms with Gasteiger partial charge in [0.05, 0.1) is 23.6 Å². The van der Waals surface area contributed by atoms with Crippen LogP contribution in [-0.4, -0.2) is 108 Å². The molecule has 2 aliphatic rings. The molecule has 13 nitrogen and oxygen atoms in total. The number of pyridine rings is 2. The summed E-state index contributed by atoms with van der Waals surface area (Å²) in [6.45, 7) is 8.88. The van der Waals surface area contributed by atoms with Gasteiger partial charge in [0.25, 0.3) is 11.8 Å². The number of amides is 2. The SMILES string of the molecule is COC[C@H]1OC(c2ccn3c(C(=O)Nc4cc(C(=O)NCCN5CCCC5(C)C)cnc4C)nnc3c2)=C[C@@H](OC)[C@@H]1OC. The van der Waals surface area contributed by atoms with Gasteiger partial charge in [-0.3, -0.25) is 23.9 Å². The fourth-order valence-electron chi connectivity index (χ4n) is 5.82. The van der Waals surface area contributed by atoms with Crippen molar-refractivity contribution in [1.29, 1.82) is 0 Å². The van der Waals surface area contributed by atoms with Crippen LogP contribution in [0.3, 0.4) is 0 Å². The van der Waals surface area contributed by atoms with Gasteiger partial charge in [0.15, 0.2) is 11.8 Å². The molecule has 1 saturated heterocycles. The molecule has 0 aliphatic carbocycles. The zero-order valence-electron chi connectivity index (χ0n) is 26.1. The molecule has 0 unspecified atom stereocenters. The lowest BCUT2D eigenvalue weighted by molar-refractivity contribution is -0.106. The van der Waals surface area contributed by atoms with E-state index in [-0.39, 0.29) is 35.6 Å². The zero-order chi connectivity index (χ0) is 31.4. The Morgan fingerprint density at radius 2 is 1.95 bits per heavy atom. The fraction of sp³-hybridized carbons (Fsp3) is 0.516. The predicted octanol–water partition coefficient (Wildman–Crippen LogP) is 2.71. The van der Waals surface area contributed by atoms with Gasteiger partial charge in [-0.2, -0.15) is 0 Å². The number of likely N-dealkylation sites (tertiary alicyclic amines) is 1. The van der Waals surface area contributed by atoms with E-state index in [0.717, 1.165) is 25.1 Å². The molecule has 0 spiro atoms. The summed E-state index contributed by atoms with van der Waals surface area (Å²) in [5, 5.41) is 14.2. The average molecular weight is 608 g/mol. The normalized spacial score (nSPS) is 21.6. The Kier molecular flexibility index (Phi) is 9.59. The van der Waals surface area contributed by atoms with Gasteiger partial charge in [-0.05, 0) is 64.4 Å². The summed E-state index contributed by atoms with van der Waals surface area (Å²) in [4.78, 5) is 32.9. The van der Waals surface area contributed by atoms with E-state index in [9.17, 15) is 9.59 Å². The number of fused-ring (bicyclic) bond motifs is 1. The van der Waals surface area contributed by atoms with Crippen LogP contribution in [-0.2, 0) is 18.9 Å². The monoisotopic (exact) mass is 607 g/mol. The number of aryl methyl sites for hydroxylation is 1. The number of carbonyl (C=O) groups is 2. The minimum Gasteiger partial charge on any atom is -0.485 e. The number of hydrogen-bond donors (Lipinski definition) is 2. The molecule has 3 atom stereocenters. The Morgan fingerprint density at radius 1 is 1.14 bits per heavy atom. The van der Waals surface area contributed by atoms with E-state index in [1.54, 1.807) is 51.0 Å². The smallest absolute Gasteiger partial charge is 0.294 e. The van der Waals surface area contributed by atoms with Crippen molar-refractivity contribution in [2.75, 3.05) is 52.9 Å². The number of nitrogens with one attached hydrogen (secondary N) is 2. The molecule has 2 aliphatic heterocycles. The number of ether oxygens (including phenoxy) is 4. The van der Waals surface area contributed by atoms with E-state index < -0.39 is 5.91 Å². The number of rotatable bonds is 11. The zero-order valence-corrected chi connectivity index (χ0v) is 26.1. The molecule has 2 amide bonds. The van der Waals surface area contributed by atoms with E-state index in [0.29, 0.717) is 41.5 Å². The first-order valence-electron chi connectivity index (χ1n) is 14.7. The summed E-state index contributed by atoms with van der Waals surface area (Å²) >= 11 is 0. The Morgan fingerprint density at radius 3 is 2.66 bits per heavy atom. The predicted molar refractivity (Wildman–Crippen MR) is 163 cm³/mol. The van der Waals surface area contributed by atoms with Crippen LogP contribution < -0.4 is 10.6 Å². The summed E-state index contributed by atoms with van der Waals surface area (Å²) in [6.07, 6.45) is 6.33. The van der Waals surface area contributed by atoms with E-state index in [2.05, 4.69) is 44.6 Å². The van der Waals surface area contributed by atoms with Gasteiger partial charge in [-0.1, -0.05) is 0 Å². The number of hydrogen-bond acceptors (Lipinski definition) is 10. The number of methoxy groups -OCH3 is 3. The maximum Gasteiger partial charge on any atom is 0.294 e. The Hall–Kier alpha value is -3.91. The highest BCUT2D eigenvalue weighted by Gasteiger charge is 2.36. The van der Waals surface area contributed by atoms with E-state index in [4.69, 9.17) is 18.9 Å². The molecule has 236 valence electrons. The molecule has 5 heterocycles. The molecule has 3 aromatic heterocycles. The molecule has 0 radical (unpaired) electrons. The Balaban J connectivity index is 1.28. The van der Waals surface area contributed by atoms with Crippen molar-refractivity contribution >= 4 is 28.9 Å². The first kappa shape index (κ1) is 31.5. The average Bonchev–Trinajstić information content (AvgIpc) is 3.59. The second-order valence-corrected chi connectivity index (χ2v) is 11.7. The van der Waals surface area contributed by atoms with Crippen LogP contribution in [0.5, 0.6) is 0 Å². The minimum atomic E-state index is -0.486. The molecule has 1 fully saturated rings. The Bertz CT molecular complexity index is 1540. The summed E-state index contributed by atoms with van der Waals surface area (Å²) in [6, 6.07) is 5.21. The van der Waals surface area contributed by atoms with Crippen LogP contribution >= 0.6 is 0 Å². The van der Waals surface area contributed by atoms with Gasteiger partial charge in [0.1, 0.15) is 18.0 Å². The standard InChI is InChI=1S/C31H41N7O6/c1-19-22(14-21(17-33-19)29(39)32-10-13-37-11-7-9-31(37,2)3)34-30(40)28-36-35-26-15-20(8-12-38(26)28)23-16-24(42-5)27(43-6)25(44-23)18-41-4/h8,12,14-17,24-25,27H,7,9-11,13,18H2,1-6H3,(H,32,39)(H,34,40)/t24-,25-,27+/m1/s1. The van der Waals surface area contributed by atoms with Gasteiger partial charge in [-0.25, -0.2) is 0 Å². The van der Waals surface area contributed by atoms with Crippen molar-refractivity contribution in [3.63, 3.8) is 0 Å². The molecule has 5 rings (SSSR count). The van der Waals surface area contributed by atoms with Crippen LogP contribution in [0.15, 0.2) is 36.7 Å². The van der Waals surface area contributed by atoms with Crippen LogP contribution in [0.2, 0.25) is 0 Å². The summed E-state index contributed by atoms with van der Waals surface area (Å²) in [7, 11) is 4.82. The molecular weight excluding hydrogens is 566 g/mol. The molecule has 3 aromatic rings. The molecule has 0 bridgehead atoms. The number of aromatic nitrogens is 4. The van der Waals surface area contributed by atoms with Gasteiger partial charge >= 0.3 is 0 Å². The second kappa shape index (κ2) is 13.4. The van der Waals surface area contributed by atoms with Crippen molar-refractivity contribution < 1.29 is 28.5 Å². The second-order valence-electron chi connectivity index (χ2n) is 11.7. The highest BCUT2D eigenvalue weighted by molar-refractivity contribution is 6.03. The lowest BCUT2D eigenvalue weighted by atomic mass is 10.0. The number of nitrogens with zero attached hydrogens (tertiary/aromatic N) is 5. The van der Waals surface area contributed by atoms with E-state index in [1.165, 1.54) is 12.6 Å². The molecule has 0 aromatic carbocycles. The maximum absolute atomic E-state index is 13.3. The van der Waals surface area contributed by atoms with Crippen molar-refractivity contribution in [2.45, 2.75) is 57.5 Å². The van der Waals surface area contributed by atoms with Gasteiger partial charge in [0.2, 0.25) is 5.82 Å². The Labute approximate surface area is 256 Å². The first-order valence-corrected chi connectivity index (χ1v) is 14.7. The molecule has 13 heteroatoms. The number of carbonyl (C=O) groups excluding carboxylic acids is 2. The third kappa shape index (κ3) is 6.60. The van der Waals surface area contributed by atoms with Crippen molar-refractivity contribution in [3.8, 4) is 0 Å². The third-order valence-corrected chi connectivity index (χ3v) is 8.39. The van der Waals surface area contributed by atoms with E-state index >= 15 is 0 Å². The highest BCUT2D eigenvalue weighted by atomic mass is 16.6. The van der Waals surface area contributed by atoms with Crippen molar-refractivity contribution in [2.24, 2.45) is 0 Å². The van der Waals surface area contributed by atoms with E-state index in [1.807, 2.05) is 12.1 Å². The lowest BCUT2D eigenvalue weighted by Crippen LogP contribution is -2.45. The van der Waals surface area contributed by atoms with Crippen LogP contribution in [0.1, 0.15) is 58.9 Å². The number of anilines is 1. The summed E-state index contributed by atoms with van der Waals surface area (Å²) in [5.41, 5.74) is 2.68. The third-order valence-electron chi connectivity index (χ3n) is 8.39. The molecule has 2 N–H and O–H groups in total. The summed E-state index contributed by atoms with van der Waals surface area (Å²) in [5.74, 6) is -0.0618. The maximum atomic E-state index is 13.3. The lowest BCUT2D eigenvalue weighted by Gasteiger charge is -2.35. The highest BCUT2D eigenvalue weighted by Crippen LogP contribution is 2.30.